The highest BCUT2D eigenvalue weighted by Crippen LogP contribution is 2.38. The van der Waals surface area contributed by atoms with E-state index in [0.717, 1.165) is 18.6 Å². The smallest absolute Gasteiger partial charge is 0.119 e. The van der Waals surface area contributed by atoms with Gasteiger partial charge in [-0.15, -0.1) is 0 Å². The molecular formula is C20H27NO2. The van der Waals surface area contributed by atoms with Crippen molar-refractivity contribution in [2.75, 3.05) is 13.2 Å². The minimum atomic E-state index is 0.318. The summed E-state index contributed by atoms with van der Waals surface area (Å²) in [4.78, 5) is 0. The highest BCUT2D eigenvalue weighted by molar-refractivity contribution is 5.34. The molecule has 0 aliphatic rings. The molecule has 0 saturated carbocycles. The predicted octanol–water partition coefficient (Wildman–Crippen LogP) is 4.42. The summed E-state index contributed by atoms with van der Waals surface area (Å²) in [6, 6.07) is 16.0. The second-order valence-electron chi connectivity index (χ2n) is 5.83. The molecule has 0 unspecified atom stereocenters. The molecule has 3 N–H and O–H groups in total. The second-order valence-corrected chi connectivity index (χ2v) is 5.83. The Kier molecular flexibility index (Phi) is 6.48. The van der Waals surface area contributed by atoms with Gasteiger partial charge in [0.25, 0.3) is 0 Å². The van der Waals surface area contributed by atoms with Crippen molar-refractivity contribution in [3.05, 3.63) is 59.7 Å². The van der Waals surface area contributed by atoms with Crippen LogP contribution < -0.4 is 10.5 Å². The van der Waals surface area contributed by atoms with Gasteiger partial charge in [-0.1, -0.05) is 38.1 Å². The Bertz CT molecular complexity index is 578. The summed E-state index contributed by atoms with van der Waals surface area (Å²) < 4.78 is 5.56. The van der Waals surface area contributed by atoms with Crippen molar-refractivity contribution < 1.29 is 9.84 Å². The van der Waals surface area contributed by atoms with E-state index in [1.807, 2.05) is 24.3 Å². The maximum absolute atomic E-state index is 9.50. The predicted molar refractivity (Wildman–Crippen MR) is 95.2 cm³/mol. The number of hydrogen-bond acceptors (Lipinski definition) is 3. The largest absolute Gasteiger partial charge is 0.508 e. The number of benzene rings is 2. The SMILES string of the molecule is CC[C@@H](c1ccc(O)cc1)[C@@H](CC)c1ccc(OCCN)cc1. The summed E-state index contributed by atoms with van der Waals surface area (Å²) in [5.41, 5.74) is 8.07. The van der Waals surface area contributed by atoms with E-state index in [9.17, 15) is 5.11 Å². The molecule has 0 amide bonds. The number of rotatable bonds is 8. The summed E-state index contributed by atoms with van der Waals surface area (Å²) >= 11 is 0. The maximum Gasteiger partial charge on any atom is 0.119 e. The Morgan fingerprint density at radius 3 is 1.78 bits per heavy atom. The third-order valence-electron chi connectivity index (χ3n) is 4.38. The number of phenols is 1. The first-order valence-electron chi connectivity index (χ1n) is 8.41. The lowest BCUT2D eigenvalue weighted by Crippen LogP contribution is -2.11. The highest BCUT2D eigenvalue weighted by atomic mass is 16.5. The van der Waals surface area contributed by atoms with Crippen molar-refractivity contribution in [2.24, 2.45) is 5.73 Å². The van der Waals surface area contributed by atoms with Gasteiger partial charge in [0.05, 0.1) is 0 Å². The molecule has 0 heterocycles. The molecule has 0 aliphatic carbocycles. The summed E-state index contributed by atoms with van der Waals surface area (Å²) in [6.07, 6.45) is 2.14. The van der Waals surface area contributed by atoms with E-state index in [2.05, 4.69) is 26.0 Å². The van der Waals surface area contributed by atoms with E-state index >= 15 is 0 Å². The molecule has 0 saturated heterocycles. The summed E-state index contributed by atoms with van der Waals surface area (Å²) in [5, 5.41) is 9.50. The number of nitrogens with two attached hydrogens (primary N) is 1. The van der Waals surface area contributed by atoms with Gasteiger partial charge in [0.15, 0.2) is 0 Å². The Balaban J connectivity index is 2.20. The van der Waals surface area contributed by atoms with E-state index in [4.69, 9.17) is 10.5 Å². The number of ether oxygens (including phenoxy) is 1. The van der Waals surface area contributed by atoms with Crippen LogP contribution in [-0.2, 0) is 0 Å². The van der Waals surface area contributed by atoms with E-state index in [-0.39, 0.29) is 0 Å². The van der Waals surface area contributed by atoms with Gasteiger partial charge in [0.2, 0.25) is 0 Å². The molecule has 0 aliphatic heterocycles. The number of phenolic OH excluding ortho intramolecular Hbond substituents is 1. The minimum Gasteiger partial charge on any atom is -0.508 e. The monoisotopic (exact) mass is 313 g/mol. The van der Waals surface area contributed by atoms with Gasteiger partial charge in [0.1, 0.15) is 18.1 Å². The lowest BCUT2D eigenvalue weighted by atomic mass is 9.78. The fourth-order valence-corrected chi connectivity index (χ4v) is 3.21. The molecule has 3 heteroatoms. The molecule has 124 valence electrons. The quantitative estimate of drug-likeness (QED) is 0.758. The van der Waals surface area contributed by atoms with Gasteiger partial charge < -0.3 is 15.6 Å². The lowest BCUT2D eigenvalue weighted by Gasteiger charge is -2.26. The normalized spacial score (nSPS) is 13.5. The van der Waals surface area contributed by atoms with E-state index in [1.165, 1.54) is 11.1 Å². The van der Waals surface area contributed by atoms with Crippen LogP contribution in [0, 0.1) is 0 Å². The van der Waals surface area contributed by atoms with Crippen LogP contribution in [0.5, 0.6) is 11.5 Å². The molecule has 2 aromatic carbocycles. The molecule has 2 aromatic rings. The first kappa shape index (κ1) is 17.4. The molecule has 2 atom stereocenters. The third-order valence-corrected chi connectivity index (χ3v) is 4.38. The Hall–Kier alpha value is -2.00. The van der Waals surface area contributed by atoms with Crippen LogP contribution in [0.1, 0.15) is 49.7 Å². The molecule has 2 rings (SSSR count). The van der Waals surface area contributed by atoms with Crippen LogP contribution in [0.15, 0.2) is 48.5 Å². The molecule has 0 bridgehead atoms. The average Bonchev–Trinajstić information content (AvgIpc) is 2.59. The zero-order valence-corrected chi connectivity index (χ0v) is 14.0. The van der Waals surface area contributed by atoms with Crippen LogP contribution in [0.4, 0.5) is 0 Å². The molecule has 0 spiro atoms. The van der Waals surface area contributed by atoms with Gasteiger partial charge in [-0.3, -0.25) is 0 Å². The third kappa shape index (κ3) is 4.49. The summed E-state index contributed by atoms with van der Waals surface area (Å²) in [7, 11) is 0. The van der Waals surface area contributed by atoms with Crippen LogP contribution in [0.25, 0.3) is 0 Å². The van der Waals surface area contributed by atoms with Crippen LogP contribution >= 0.6 is 0 Å². The minimum absolute atomic E-state index is 0.318. The molecular weight excluding hydrogens is 286 g/mol. The lowest BCUT2D eigenvalue weighted by molar-refractivity contribution is 0.328. The Morgan fingerprint density at radius 1 is 0.870 bits per heavy atom. The van der Waals surface area contributed by atoms with Gasteiger partial charge >= 0.3 is 0 Å². The van der Waals surface area contributed by atoms with E-state index < -0.39 is 0 Å². The summed E-state index contributed by atoms with van der Waals surface area (Å²) in [5.74, 6) is 2.08. The Morgan fingerprint density at radius 2 is 1.35 bits per heavy atom. The zero-order valence-electron chi connectivity index (χ0n) is 14.0. The van der Waals surface area contributed by atoms with Crippen molar-refractivity contribution in [2.45, 2.75) is 38.5 Å². The van der Waals surface area contributed by atoms with Crippen molar-refractivity contribution in [1.29, 1.82) is 0 Å². The average molecular weight is 313 g/mol. The number of aromatic hydroxyl groups is 1. The highest BCUT2D eigenvalue weighted by Gasteiger charge is 2.22. The van der Waals surface area contributed by atoms with Crippen molar-refractivity contribution >= 4 is 0 Å². The van der Waals surface area contributed by atoms with Gasteiger partial charge in [-0.2, -0.15) is 0 Å². The van der Waals surface area contributed by atoms with E-state index in [1.54, 1.807) is 12.1 Å². The van der Waals surface area contributed by atoms with E-state index in [0.29, 0.717) is 30.7 Å². The molecule has 0 aromatic heterocycles. The zero-order chi connectivity index (χ0) is 16.7. The van der Waals surface area contributed by atoms with Gasteiger partial charge in [0, 0.05) is 6.54 Å². The van der Waals surface area contributed by atoms with Crippen molar-refractivity contribution in [1.82, 2.24) is 0 Å². The van der Waals surface area contributed by atoms with Crippen molar-refractivity contribution in [3.63, 3.8) is 0 Å². The molecule has 23 heavy (non-hydrogen) atoms. The molecule has 0 fully saturated rings. The fraction of sp³-hybridized carbons (Fsp3) is 0.400. The van der Waals surface area contributed by atoms with Crippen molar-refractivity contribution in [3.8, 4) is 11.5 Å². The van der Waals surface area contributed by atoms with Gasteiger partial charge in [-0.05, 0) is 60.1 Å². The topological polar surface area (TPSA) is 55.5 Å². The standard InChI is InChI=1S/C20H27NO2/c1-3-19(15-5-9-17(22)10-6-15)20(4-2)16-7-11-18(12-8-16)23-14-13-21/h5-12,19-20,22H,3-4,13-14,21H2,1-2H3/t19-,20-/m0/s1. The number of hydrogen-bond donors (Lipinski definition) is 2. The fourth-order valence-electron chi connectivity index (χ4n) is 3.21. The van der Waals surface area contributed by atoms with Crippen LogP contribution in [0.2, 0.25) is 0 Å². The summed E-state index contributed by atoms with van der Waals surface area (Å²) in [6.45, 7) is 5.52. The van der Waals surface area contributed by atoms with Gasteiger partial charge in [-0.25, -0.2) is 0 Å². The first-order valence-corrected chi connectivity index (χ1v) is 8.41. The van der Waals surface area contributed by atoms with Crippen LogP contribution in [0.3, 0.4) is 0 Å². The molecule has 0 radical (unpaired) electrons. The maximum atomic E-state index is 9.50. The second kappa shape index (κ2) is 8.59. The van der Waals surface area contributed by atoms with Crippen LogP contribution in [-0.4, -0.2) is 18.3 Å². The Labute approximate surface area is 139 Å². The molecule has 3 nitrogen and oxygen atoms in total. The first-order chi connectivity index (χ1) is 11.2.